The number of rotatable bonds is 6. The first-order chi connectivity index (χ1) is 14.1. The fourth-order valence-electron chi connectivity index (χ4n) is 4.44. The summed E-state index contributed by atoms with van der Waals surface area (Å²) in [6.07, 6.45) is 3.87. The van der Waals surface area contributed by atoms with E-state index in [2.05, 4.69) is 77.1 Å². The molecule has 1 aromatic heterocycles. The maximum absolute atomic E-state index is 12.8. The molecule has 29 heavy (non-hydrogen) atoms. The van der Waals surface area contributed by atoms with Crippen LogP contribution >= 0.6 is 0 Å². The van der Waals surface area contributed by atoms with Gasteiger partial charge in [-0.25, -0.2) is 0 Å². The SMILES string of the molecule is CC(C)n1cnnc1CCN1CC(c2ccccc2)(c2ccccc2)CCC1=O. The maximum atomic E-state index is 12.8. The van der Waals surface area contributed by atoms with E-state index in [0.29, 0.717) is 32.0 Å². The molecule has 0 spiro atoms. The monoisotopic (exact) mass is 388 g/mol. The predicted molar refractivity (Wildman–Crippen MR) is 114 cm³/mol. The molecule has 150 valence electrons. The third kappa shape index (κ3) is 3.82. The molecule has 5 nitrogen and oxygen atoms in total. The lowest BCUT2D eigenvalue weighted by Crippen LogP contribution is -2.50. The Labute approximate surface area is 172 Å². The summed E-state index contributed by atoms with van der Waals surface area (Å²) in [5, 5.41) is 8.33. The van der Waals surface area contributed by atoms with Gasteiger partial charge in [-0.15, -0.1) is 10.2 Å². The van der Waals surface area contributed by atoms with E-state index in [-0.39, 0.29) is 11.3 Å². The van der Waals surface area contributed by atoms with Crippen LogP contribution in [0.15, 0.2) is 67.0 Å². The average Bonchev–Trinajstić information content (AvgIpc) is 3.24. The summed E-state index contributed by atoms with van der Waals surface area (Å²) in [6.45, 7) is 5.59. The van der Waals surface area contributed by atoms with Gasteiger partial charge in [-0.05, 0) is 31.4 Å². The van der Waals surface area contributed by atoms with Crippen molar-refractivity contribution in [3.63, 3.8) is 0 Å². The smallest absolute Gasteiger partial charge is 0.222 e. The van der Waals surface area contributed by atoms with Crippen molar-refractivity contribution >= 4 is 5.91 Å². The zero-order chi connectivity index (χ0) is 20.3. The van der Waals surface area contributed by atoms with Gasteiger partial charge in [0.1, 0.15) is 12.2 Å². The van der Waals surface area contributed by atoms with Crippen molar-refractivity contribution in [2.75, 3.05) is 13.1 Å². The minimum absolute atomic E-state index is 0.178. The summed E-state index contributed by atoms with van der Waals surface area (Å²) in [6, 6.07) is 21.5. The Balaban J connectivity index is 1.63. The van der Waals surface area contributed by atoms with Crippen LogP contribution < -0.4 is 0 Å². The fraction of sp³-hybridized carbons (Fsp3) is 0.375. The standard InChI is InChI=1S/C24H28N4O/c1-19(2)28-18-25-26-22(28)14-16-27-17-24(15-13-23(27)29,20-9-5-3-6-10-20)21-11-7-4-8-12-21/h3-12,18-19H,13-17H2,1-2H3. The van der Waals surface area contributed by atoms with E-state index in [1.165, 1.54) is 11.1 Å². The van der Waals surface area contributed by atoms with Crippen LogP contribution in [-0.2, 0) is 16.6 Å². The first-order valence-corrected chi connectivity index (χ1v) is 10.4. The van der Waals surface area contributed by atoms with Gasteiger partial charge in [-0.1, -0.05) is 60.7 Å². The number of nitrogens with zero attached hydrogens (tertiary/aromatic N) is 4. The lowest BCUT2D eigenvalue weighted by atomic mass is 9.69. The Kier molecular flexibility index (Phi) is 5.47. The number of aromatic nitrogens is 3. The first-order valence-electron chi connectivity index (χ1n) is 10.4. The Hall–Kier alpha value is -2.95. The summed E-state index contributed by atoms with van der Waals surface area (Å²) in [4.78, 5) is 14.8. The van der Waals surface area contributed by atoms with Gasteiger partial charge >= 0.3 is 0 Å². The number of amides is 1. The topological polar surface area (TPSA) is 51.0 Å². The Morgan fingerprint density at radius 3 is 2.21 bits per heavy atom. The predicted octanol–water partition coefficient (Wildman–Crippen LogP) is 4.01. The summed E-state index contributed by atoms with van der Waals surface area (Å²) in [5.74, 6) is 1.16. The maximum Gasteiger partial charge on any atom is 0.222 e. The minimum Gasteiger partial charge on any atom is -0.341 e. The van der Waals surface area contributed by atoms with Gasteiger partial charge in [-0.2, -0.15) is 0 Å². The van der Waals surface area contributed by atoms with Crippen LogP contribution in [0.2, 0.25) is 0 Å². The second-order valence-electron chi connectivity index (χ2n) is 8.13. The quantitative estimate of drug-likeness (QED) is 0.641. The normalized spacial score (nSPS) is 16.4. The molecule has 0 unspecified atom stereocenters. The second kappa shape index (κ2) is 8.19. The van der Waals surface area contributed by atoms with Crippen molar-refractivity contribution < 1.29 is 4.79 Å². The number of benzene rings is 2. The summed E-state index contributed by atoms with van der Waals surface area (Å²) < 4.78 is 2.08. The number of likely N-dealkylation sites (tertiary alicyclic amines) is 1. The molecule has 1 fully saturated rings. The van der Waals surface area contributed by atoms with Gasteiger partial charge < -0.3 is 9.47 Å². The molecular formula is C24H28N4O. The summed E-state index contributed by atoms with van der Waals surface area (Å²) in [7, 11) is 0. The van der Waals surface area contributed by atoms with E-state index in [4.69, 9.17) is 0 Å². The zero-order valence-electron chi connectivity index (χ0n) is 17.2. The lowest BCUT2D eigenvalue weighted by Gasteiger charge is -2.43. The highest BCUT2D eigenvalue weighted by Crippen LogP contribution is 2.40. The minimum atomic E-state index is -0.178. The number of hydrogen-bond acceptors (Lipinski definition) is 3. The van der Waals surface area contributed by atoms with Crippen LogP contribution in [0.5, 0.6) is 0 Å². The van der Waals surface area contributed by atoms with Crippen LogP contribution in [0, 0.1) is 0 Å². The van der Waals surface area contributed by atoms with E-state index in [0.717, 1.165) is 12.2 Å². The van der Waals surface area contributed by atoms with Crippen molar-refractivity contribution in [3.05, 3.63) is 83.9 Å². The van der Waals surface area contributed by atoms with Gasteiger partial charge in [0.15, 0.2) is 0 Å². The van der Waals surface area contributed by atoms with E-state index in [9.17, 15) is 4.79 Å². The molecule has 0 bridgehead atoms. The molecule has 0 aliphatic carbocycles. The van der Waals surface area contributed by atoms with Gasteiger partial charge in [-0.3, -0.25) is 4.79 Å². The Morgan fingerprint density at radius 1 is 1.00 bits per heavy atom. The van der Waals surface area contributed by atoms with Crippen molar-refractivity contribution in [2.24, 2.45) is 0 Å². The van der Waals surface area contributed by atoms with Crippen molar-refractivity contribution in [3.8, 4) is 0 Å². The number of carbonyl (C=O) groups excluding carboxylic acids is 1. The highest BCUT2D eigenvalue weighted by atomic mass is 16.2. The Bertz CT molecular complexity index is 910. The molecule has 0 saturated carbocycles. The average molecular weight is 389 g/mol. The third-order valence-electron chi connectivity index (χ3n) is 6.04. The third-order valence-corrected chi connectivity index (χ3v) is 6.04. The molecule has 2 heterocycles. The van der Waals surface area contributed by atoms with Crippen LogP contribution in [-0.4, -0.2) is 38.7 Å². The highest BCUT2D eigenvalue weighted by molar-refractivity contribution is 5.78. The van der Waals surface area contributed by atoms with E-state index in [1.807, 2.05) is 17.0 Å². The van der Waals surface area contributed by atoms with Crippen molar-refractivity contribution in [1.29, 1.82) is 0 Å². The van der Waals surface area contributed by atoms with Crippen LogP contribution in [0.4, 0.5) is 0 Å². The summed E-state index contributed by atoms with van der Waals surface area (Å²) >= 11 is 0. The van der Waals surface area contributed by atoms with Crippen molar-refractivity contribution in [2.45, 2.75) is 44.6 Å². The summed E-state index contributed by atoms with van der Waals surface area (Å²) in [5.41, 5.74) is 2.37. The second-order valence-corrected chi connectivity index (χ2v) is 8.13. The number of piperidine rings is 1. The number of hydrogen-bond donors (Lipinski definition) is 0. The van der Waals surface area contributed by atoms with E-state index in [1.54, 1.807) is 6.33 Å². The van der Waals surface area contributed by atoms with Crippen LogP contribution in [0.3, 0.4) is 0 Å². The fourth-order valence-corrected chi connectivity index (χ4v) is 4.44. The Morgan fingerprint density at radius 2 is 1.62 bits per heavy atom. The molecule has 1 amide bonds. The van der Waals surface area contributed by atoms with E-state index >= 15 is 0 Å². The molecule has 5 heteroatoms. The molecule has 4 rings (SSSR count). The van der Waals surface area contributed by atoms with Crippen LogP contribution in [0.1, 0.15) is 49.7 Å². The molecule has 0 N–H and O–H groups in total. The largest absolute Gasteiger partial charge is 0.341 e. The molecule has 0 radical (unpaired) electrons. The van der Waals surface area contributed by atoms with Gasteiger partial charge in [0.05, 0.1) is 0 Å². The molecule has 1 saturated heterocycles. The highest BCUT2D eigenvalue weighted by Gasteiger charge is 2.41. The van der Waals surface area contributed by atoms with Gasteiger partial charge in [0, 0.05) is 37.4 Å². The molecule has 1 aliphatic rings. The van der Waals surface area contributed by atoms with E-state index < -0.39 is 0 Å². The molecule has 2 aromatic carbocycles. The number of carbonyl (C=O) groups is 1. The molecule has 0 atom stereocenters. The zero-order valence-corrected chi connectivity index (χ0v) is 17.2. The molecule has 3 aromatic rings. The molecule has 1 aliphatic heterocycles. The lowest BCUT2D eigenvalue weighted by molar-refractivity contribution is -0.134. The van der Waals surface area contributed by atoms with Gasteiger partial charge in [0.25, 0.3) is 0 Å². The first kappa shape index (κ1) is 19.4. The van der Waals surface area contributed by atoms with Crippen LogP contribution in [0.25, 0.3) is 0 Å². The van der Waals surface area contributed by atoms with Gasteiger partial charge in [0.2, 0.25) is 5.91 Å². The molecular weight excluding hydrogens is 360 g/mol. The van der Waals surface area contributed by atoms with Crippen molar-refractivity contribution in [1.82, 2.24) is 19.7 Å².